The molecule has 0 radical (unpaired) electrons. The van der Waals surface area contributed by atoms with Crippen LogP contribution in [-0.2, 0) is 10.2 Å². The summed E-state index contributed by atoms with van der Waals surface area (Å²) in [7, 11) is 0. The number of amides is 1. The summed E-state index contributed by atoms with van der Waals surface area (Å²) in [5, 5.41) is 11.5. The highest BCUT2D eigenvalue weighted by Gasteiger charge is 2.51. The van der Waals surface area contributed by atoms with E-state index in [4.69, 9.17) is 5.11 Å². The number of benzene rings is 2. The molecule has 22 heavy (non-hydrogen) atoms. The number of nitrogens with one attached hydrogen (secondary N) is 1. The number of carboxylic acid groups (broad SMARTS) is 1. The molecule has 3 rings (SSSR count). The quantitative estimate of drug-likeness (QED) is 0.911. The number of carboxylic acids is 1. The Balaban J connectivity index is 1.81. The van der Waals surface area contributed by atoms with Gasteiger partial charge in [-0.15, -0.1) is 0 Å². The number of carbonyl (C=O) groups excluding carboxylic acids is 1. The maximum atomic E-state index is 13.7. The lowest BCUT2D eigenvalue weighted by atomic mass is 9.95. The molecule has 2 N–H and O–H groups in total. The predicted octanol–water partition coefficient (Wildman–Crippen LogP) is 3.19. The SMILES string of the molecule is O=C(O)c1ccc(NC(=O)C2(c3ccccc3)CC2)cc1F. The molecule has 2 aromatic carbocycles. The number of hydrogen-bond donors (Lipinski definition) is 2. The van der Waals surface area contributed by atoms with Crippen molar-refractivity contribution in [1.29, 1.82) is 0 Å². The van der Waals surface area contributed by atoms with E-state index >= 15 is 0 Å². The van der Waals surface area contributed by atoms with Gasteiger partial charge in [-0.2, -0.15) is 0 Å². The molecule has 0 aliphatic heterocycles. The van der Waals surface area contributed by atoms with Gasteiger partial charge >= 0.3 is 5.97 Å². The molecule has 1 amide bonds. The van der Waals surface area contributed by atoms with Gasteiger partial charge in [-0.3, -0.25) is 4.79 Å². The first-order chi connectivity index (χ1) is 10.5. The van der Waals surface area contributed by atoms with Crippen LogP contribution in [0.4, 0.5) is 10.1 Å². The molecule has 1 aliphatic rings. The van der Waals surface area contributed by atoms with Gasteiger partial charge in [0, 0.05) is 5.69 Å². The second-order valence-electron chi connectivity index (χ2n) is 5.40. The predicted molar refractivity (Wildman–Crippen MR) is 79.3 cm³/mol. The van der Waals surface area contributed by atoms with Crippen LogP contribution in [0.15, 0.2) is 48.5 Å². The Morgan fingerprint density at radius 1 is 1.09 bits per heavy atom. The van der Waals surface area contributed by atoms with Crippen LogP contribution in [-0.4, -0.2) is 17.0 Å². The summed E-state index contributed by atoms with van der Waals surface area (Å²) in [5.41, 5.74) is 0.232. The maximum absolute atomic E-state index is 13.7. The van der Waals surface area contributed by atoms with Crippen molar-refractivity contribution < 1.29 is 19.1 Å². The number of anilines is 1. The average molecular weight is 299 g/mol. The standard InChI is InChI=1S/C17H14FNO3/c18-14-10-12(6-7-13(14)15(20)21)19-16(22)17(8-9-17)11-4-2-1-3-5-11/h1-7,10H,8-9H2,(H,19,22)(H,20,21). The van der Waals surface area contributed by atoms with Crippen molar-refractivity contribution >= 4 is 17.6 Å². The third-order valence-corrected chi connectivity index (χ3v) is 3.97. The minimum absolute atomic E-state index is 0.193. The minimum Gasteiger partial charge on any atom is -0.478 e. The molecule has 0 atom stereocenters. The van der Waals surface area contributed by atoms with Crippen LogP contribution >= 0.6 is 0 Å². The van der Waals surface area contributed by atoms with E-state index in [-0.39, 0.29) is 11.6 Å². The van der Waals surface area contributed by atoms with Crippen LogP contribution in [0, 0.1) is 5.82 Å². The van der Waals surface area contributed by atoms with Gasteiger partial charge in [-0.25, -0.2) is 9.18 Å². The molecule has 1 fully saturated rings. The van der Waals surface area contributed by atoms with E-state index in [2.05, 4.69) is 5.32 Å². The molecule has 0 heterocycles. The van der Waals surface area contributed by atoms with Crippen LogP contribution in [0.3, 0.4) is 0 Å². The Labute approximate surface area is 126 Å². The third-order valence-electron chi connectivity index (χ3n) is 3.97. The van der Waals surface area contributed by atoms with Crippen molar-refractivity contribution in [1.82, 2.24) is 0 Å². The highest BCUT2D eigenvalue weighted by Crippen LogP contribution is 2.48. The van der Waals surface area contributed by atoms with Crippen LogP contribution in [0.2, 0.25) is 0 Å². The Kier molecular flexibility index (Phi) is 3.41. The van der Waals surface area contributed by atoms with E-state index in [9.17, 15) is 14.0 Å². The van der Waals surface area contributed by atoms with Gasteiger partial charge in [0.15, 0.2) is 0 Å². The molecule has 0 spiro atoms. The number of rotatable bonds is 4. The summed E-state index contributed by atoms with van der Waals surface area (Å²) in [4.78, 5) is 23.3. The summed E-state index contributed by atoms with van der Waals surface area (Å²) in [5.74, 6) is -2.39. The number of hydrogen-bond acceptors (Lipinski definition) is 2. The van der Waals surface area contributed by atoms with Gasteiger partial charge < -0.3 is 10.4 Å². The molecular formula is C17H14FNO3. The first-order valence-corrected chi connectivity index (χ1v) is 6.93. The van der Waals surface area contributed by atoms with Crippen LogP contribution < -0.4 is 5.32 Å². The monoisotopic (exact) mass is 299 g/mol. The van der Waals surface area contributed by atoms with Crippen molar-refractivity contribution in [2.75, 3.05) is 5.32 Å². The fraction of sp³-hybridized carbons (Fsp3) is 0.176. The Hall–Kier alpha value is -2.69. The summed E-state index contributed by atoms with van der Waals surface area (Å²) >= 11 is 0. The highest BCUT2D eigenvalue weighted by molar-refractivity contribution is 6.01. The van der Waals surface area contributed by atoms with Gasteiger partial charge in [-0.1, -0.05) is 30.3 Å². The molecule has 0 saturated heterocycles. The minimum atomic E-state index is -1.33. The molecule has 0 aromatic heterocycles. The molecule has 112 valence electrons. The van der Waals surface area contributed by atoms with Gasteiger partial charge in [0.1, 0.15) is 5.82 Å². The zero-order valence-electron chi connectivity index (χ0n) is 11.7. The molecule has 2 aromatic rings. The zero-order valence-corrected chi connectivity index (χ0v) is 11.7. The Bertz CT molecular complexity index is 739. The third kappa shape index (κ3) is 2.45. The normalized spacial score (nSPS) is 15.1. The van der Waals surface area contributed by atoms with E-state index in [1.807, 2.05) is 30.3 Å². The molecule has 5 heteroatoms. The van der Waals surface area contributed by atoms with Crippen LogP contribution in [0.5, 0.6) is 0 Å². The molecule has 1 aliphatic carbocycles. The Morgan fingerprint density at radius 2 is 1.77 bits per heavy atom. The fourth-order valence-corrected chi connectivity index (χ4v) is 2.55. The summed E-state index contributed by atoms with van der Waals surface area (Å²) in [6.45, 7) is 0. The van der Waals surface area contributed by atoms with Gasteiger partial charge in [0.2, 0.25) is 5.91 Å². The summed E-state index contributed by atoms with van der Waals surface area (Å²) in [6.07, 6.45) is 1.50. The molecule has 0 bridgehead atoms. The number of aromatic carboxylic acids is 1. The van der Waals surface area contributed by atoms with Crippen LogP contribution in [0.1, 0.15) is 28.8 Å². The molecule has 4 nitrogen and oxygen atoms in total. The van der Waals surface area contributed by atoms with Crippen molar-refractivity contribution in [2.24, 2.45) is 0 Å². The van der Waals surface area contributed by atoms with E-state index in [0.29, 0.717) is 0 Å². The molecule has 1 saturated carbocycles. The zero-order chi connectivity index (χ0) is 15.7. The second-order valence-corrected chi connectivity index (χ2v) is 5.40. The first-order valence-electron chi connectivity index (χ1n) is 6.93. The Morgan fingerprint density at radius 3 is 2.32 bits per heavy atom. The second kappa shape index (κ2) is 5.26. The first kappa shape index (κ1) is 14.3. The van der Waals surface area contributed by atoms with E-state index in [0.717, 1.165) is 30.5 Å². The lowest BCUT2D eigenvalue weighted by molar-refractivity contribution is -0.118. The lowest BCUT2D eigenvalue weighted by Gasteiger charge is -2.16. The topological polar surface area (TPSA) is 66.4 Å². The van der Waals surface area contributed by atoms with E-state index in [1.54, 1.807) is 0 Å². The molecular weight excluding hydrogens is 285 g/mol. The summed E-state index contributed by atoms with van der Waals surface area (Å²) in [6, 6.07) is 13.0. The largest absolute Gasteiger partial charge is 0.478 e. The lowest BCUT2D eigenvalue weighted by Crippen LogP contribution is -2.27. The molecule has 0 unspecified atom stereocenters. The van der Waals surface area contributed by atoms with E-state index < -0.39 is 22.8 Å². The fourth-order valence-electron chi connectivity index (χ4n) is 2.55. The van der Waals surface area contributed by atoms with Crippen molar-refractivity contribution in [3.05, 3.63) is 65.5 Å². The smallest absolute Gasteiger partial charge is 0.338 e. The van der Waals surface area contributed by atoms with Gasteiger partial charge in [-0.05, 0) is 36.6 Å². The number of halogens is 1. The number of carbonyl (C=O) groups is 2. The van der Waals surface area contributed by atoms with Crippen molar-refractivity contribution in [3.63, 3.8) is 0 Å². The highest BCUT2D eigenvalue weighted by atomic mass is 19.1. The van der Waals surface area contributed by atoms with Crippen molar-refractivity contribution in [3.8, 4) is 0 Å². The maximum Gasteiger partial charge on any atom is 0.338 e. The average Bonchev–Trinajstić information content (AvgIpc) is 3.29. The van der Waals surface area contributed by atoms with Gasteiger partial charge in [0.05, 0.1) is 11.0 Å². The summed E-state index contributed by atoms with van der Waals surface area (Å²) < 4.78 is 13.7. The van der Waals surface area contributed by atoms with Gasteiger partial charge in [0.25, 0.3) is 0 Å². The van der Waals surface area contributed by atoms with Crippen LogP contribution in [0.25, 0.3) is 0 Å². The van der Waals surface area contributed by atoms with Crippen molar-refractivity contribution in [2.45, 2.75) is 18.3 Å². The van der Waals surface area contributed by atoms with E-state index in [1.165, 1.54) is 6.07 Å².